The molecule has 0 bridgehead atoms. The van der Waals surface area contributed by atoms with Gasteiger partial charge in [-0.15, -0.1) is 11.3 Å². The first kappa shape index (κ1) is 13.1. The molecule has 1 aromatic heterocycles. The number of aryl methyl sites for hydroxylation is 1. The van der Waals surface area contributed by atoms with Gasteiger partial charge in [-0.25, -0.2) is 0 Å². The molecule has 1 aliphatic carbocycles. The van der Waals surface area contributed by atoms with E-state index in [1.54, 1.807) is 4.88 Å². The van der Waals surface area contributed by atoms with Gasteiger partial charge < -0.3 is 5.32 Å². The Balaban J connectivity index is 2.12. The van der Waals surface area contributed by atoms with Crippen LogP contribution in [0.15, 0.2) is 12.1 Å². The van der Waals surface area contributed by atoms with Crippen LogP contribution in [0.4, 0.5) is 0 Å². The normalized spacial score (nSPS) is 32.5. The van der Waals surface area contributed by atoms with E-state index in [1.165, 1.54) is 24.1 Å². The van der Waals surface area contributed by atoms with E-state index in [1.807, 2.05) is 11.3 Å². The minimum atomic E-state index is 0.464. The van der Waals surface area contributed by atoms with Crippen molar-refractivity contribution in [2.75, 3.05) is 6.54 Å². The molecule has 96 valence electrons. The van der Waals surface area contributed by atoms with Gasteiger partial charge in [0.15, 0.2) is 0 Å². The molecule has 1 aliphatic rings. The molecule has 0 amide bonds. The number of hydrogen-bond acceptors (Lipinski definition) is 2. The smallest absolute Gasteiger partial charge is 0.0133 e. The first-order valence-corrected chi connectivity index (χ1v) is 7.79. The van der Waals surface area contributed by atoms with Gasteiger partial charge in [-0.3, -0.25) is 0 Å². The summed E-state index contributed by atoms with van der Waals surface area (Å²) in [7, 11) is 0. The maximum absolute atomic E-state index is 3.65. The molecule has 17 heavy (non-hydrogen) atoms. The SMILES string of the molecule is CCNC1CC(c2ccc(CC)s2)C1(C)CC. The van der Waals surface area contributed by atoms with Crippen LogP contribution in [0.3, 0.4) is 0 Å². The average molecular weight is 251 g/mol. The molecule has 1 aromatic rings. The Morgan fingerprint density at radius 3 is 2.65 bits per heavy atom. The lowest BCUT2D eigenvalue weighted by Crippen LogP contribution is -2.56. The van der Waals surface area contributed by atoms with E-state index < -0.39 is 0 Å². The van der Waals surface area contributed by atoms with Crippen molar-refractivity contribution >= 4 is 11.3 Å². The summed E-state index contributed by atoms with van der Waals surface area (Å²) in [5, 5.41) is 3.65. The molecular formula is C15H25NS. The van der Waals surface area contributed by atoms with E-state index in [0.29, 0.717) is 5.41 Å². The second kappa shape index (κ2) is 5.11. The first-order chi connectivity index (χ1) is 8.15. The standard InChI is InChI=1S/C15H25NS/c1-5-11-8-9-13(17-11)12-10-14(16-7-3)15(12,4)6-2/h8-9,12,14,16H,5-7,10H2,1-4H3. The van der Waals surface area contributed by atoms with Crippen LogP contribution < -0.4 is 5.32 Å². The molecule has 1 fully saturated rings. The zero-order valence-electron chi connectivity index (χ0n) is 11.5. The highest BCUT2D eigenvalue weighted by Crippen LogP contribution is 2.56. The molecule has 0 aliphatic heterocycles. The van der Waals surface area contributed by atoms with Crippen LogP contribution in [0.1, 0.15) is 56.2 Å². The maximum Gasteiger partial charge on any atom is 0.0133 e. The van der Waals surface area contributed by atoms with Crippen molar-refractivity contribution in [1.82, 2.24) is 5.32 Å². The fourth-order valence-corrected chi connectivity index (χ4v) is 4.35. The van der Waals surface area contributed by atoms with Crippen LogP contribution in [-0.4, -0.2) is 12.6 Å². The van der Waals surface area contributed by atoms with Crippen LogP contribution in [0.2, 0.25) is 0 Å². The minimum absolute atomic E-state index is 0.464. The average Bonchev–Trinajstić information content (AvgIpc) is 2.80. The summed E-state index contributed by atoms with van der Waals surface area (Å²) in [5.74, 6) is 0.779. The predicted octanol–water partition coefficient (Wildman–Crippen LogP) is 4.19. The zero-order chi connectivity index (χ0) is 12.5. The Labute approximate surface area is 110 Å². The monoisotopic (exact) mass is 251 g/mol. The van der Waals surface area contributed by atoms with Crippen molar-refractivity contribution in [2.45, 2.75) is 58.9 Å². The van der Waals surface area contributed by atoms with Crippen LogP contribution in [0.5, 0.6) is 0 Å². The van der Waals surface area contributed by atoms with Gasteiger partial charge >= 0.3 is 0 Å². The van der Waals surface area contributed by atoms with Gasteiger partial charge in [0, 0.05) is 21.7 Å². The Hall–Kier alpha value is -0.340. The van der Waals surface area contributed by atoms with Gasteiger partial charge in [0.05, 0.1) is 0 Å². The third-order valence-corrected chi connectivity index (χ3v) is 5.99. The summed E-state index contributed by atoms with van der Waals surface area (Å²) < 4.78 is 0. The molecule has 2 rings (SSSR count). The summed E-state index contributed by atoms with van der Waals surface area (Å²) >= 11 is 2.03. The summed E-state index contributed by atoms with van der Waals surface area (Å²) in [6.45, 7) is 10.4. The van der Waals surface area contributed by atoms with E-state index in [2.05, 4.69) is 45.1 Å². The van der Waals surface area contributed by atoms with Crippen molar-refractivity contribution in [3.8, 4) is 0 Å². The minimum Gasteiger partial charge on any atom is -0.314 e. The summed E-state index contributed by atoms with van der Waals surface area (Å²) in [4.78, 5) is 3.14. The Kier molecular flexibility index (Phi) is 3.94. The molecule has 3 unspecified atom stereocenters. The number of nitrogens with one attached hydrogen (secondary N) is 1. The molecule has 1 saturated carbocycles. The summed E-state index contributed by atoms with van der Waals surface area (Å²) in [5.41, 5.74) is 0.464. The quantitative estimate of drug-likeness (QED) is 0.827. The van der Waals surface area contributed by atoms with E-state index in [9.17, 15) is 0 Å². The van der Waals surface area contributed by atoms with Crippen molar-refractivity contribution in [3.05, 3.63) is 21.9 Å². The fourth-order valence-electron chi connectivity index (χ4n) is 3.13. The highest BCUT2D eigenvalue weighted by molar-refractivity contribution is 7.12. The Morgan fingerprint density at radius 1 is 1.35 bits per heavy atom. The van der Waals surface area contributed by atoms with Gasteiger partial charge in [-0.2, -0.15) is 0 Å². The van der Waals surface area contributed by atoms with Gasteiger partial charge in [0.25, 0.3) is 0 Å². The van der Waals surface area contributed by atoms with Gasteiger partial charge in [-0.1, -0.05) is 27.7 Å². The number of thiophene rings is 1. The molecule has 0 saturated heterocycles. The molecular weight excluding hydrogens is 226 g/mol. The molecule has 0 spiro atoms. The first-order valence-electron chi connectivity index (χ1n) is 6.97. The highest BCUT2D eigenvalue weighted by atomic mass is 32.1. The second-order valence-electron chi connectivity index (χ2n) is 5.42. The van der Waals surface area contributed by atoms with Crippen molar-refractivity contribution in [3.63, 3.8) is 0 Å². The molecule has 0 radical (unpaired) electrons. The number of hydrogen-bond donors (Lipinski definition) is 1. The topological polar surface area (TPSA) is 12.0 Å². The largest absolute Gasteiger partial charge is 0.314 e. The Bertz CT molecular complexity index is 371. The van der Waals surface area contributed by atoms with Crippen LogP contribution >= 0.6 is 11.3 Å². The van der Waals surface area contributed by atoms with Crippen LogP contribution in [0, 0.1) is 5.41 Å². The van der Waals surface area contributed by atoms with Crippen molar-refractivity contribution in [1.29, 1.82) is 0 Å². The van der Waals surface area contributed by atoms with Gasteiger partial charge in [0.2, 0.25) is 0 Å². The second-order valence-corrected chi connectivity index (χ2v) is 6.62. The zero-order valence-corrected chi connectivity index (χ0v) is 12.4. The lowest BCUT2D eigenvalue weighted by atomic mass is 9.55. The van der Waals surface area contributed by atoms with Crippen molar-refractivity contribution in [2.24, 2.45) is 5.41 Å². The Morgan fingerprint density at radius 2 is 2.12 bits per heavy atom. The maximum atomic E-state index is 3.65. The van der Waals surface area contributed by atoms with Crippen LogP contribution in [-0.2, 0) is 6.42 Å². The molecule has 0 aromatic carbocycles. The van der Waals surface area contributed by atoms with Crippen molar-refractivity contribution < 1.29 is 0 Å². The molecule has 3 atom stereocenters. The lowest BCUT2D eigenvalue weighted by molar-refractivity contribution is 0.0475. The fraction of sp³-hybridized carbons (Fsp3) is 0.733. The lowest BCUT2D eigenvalue weighted by Gasteiger charge is -2.54. The van der Waals surface area contributed by atoms with E-state index in [4.69, 9.17) is 0 Å². The van der Waals surface area contributed by atoms with E-state index in [0.717, 1.165) is 18.5 Å². The van der Waals surface area contributed by atoms with E-state index >= 15 is 0 Å². The van der Waals surface area contributed by atoms with E-state index in [-0.39, 0.29) is 0 Å². The van der Waals surface area contributed by atoms with Gasteiger partial charge in [-0.05, 0) is 43.4 Å². The van der Waals surface area contributed by atoms with Gasteiger partial charge in [0.1, 0.15) is 0 Å². The number of rotatable bonds is 5. The predicted molar refractivity (Wildman–Crippen MR) is 76.9 cm³/mol. The summed E-state index contributed by atoms with van der Waals surface area (Å²) in [6.07, 6.45) is 3.77. The third-order valence-electron chi connectivity index (χ3n) is 4.65. The summed E-state index contributed by atoms with van der Waals surface area (Å²) in [6, 6.07) is 5.40. The molecule has 2 heteroatoms. The molecule has 1 heterocycles. The molecule has 1 nitrogen and oxygen atoms in total. The third kappa shape index (κ3) is 2.17. The highest BCUT2D eigenvalue weighted by Gasteiger charge is 2.50. The van der Waals surface area contributed by atoms with Crippen LogP contribution in [0.25, 0.3) is 0 Å². The molecule has 1 N–H and O–H groups in total.